The molecule has 1 aromatic rings. The Hall–Kier alpha value is -1.39. The molecular formula is C9H13N3O2. The standard InChI is InChI=1S/C9H13N3O2/c13-9(14)5-6-12-8-4-2-1-3-7(8)10-11-12/h1-6H2,(H,13,14). The van der Waals surface area contributed by atoms with Gasteiger partial charge in [-0.15, -0.1) is 5.10 Å². The topological polar surface area (TPSA) is 68.0 Å². The minimum Gasteiger partial charge on any atom is -0.481 e. The molecule has 0 radical (unpaired) electrons. The Morgan fingerprint density at radius 3 is 3.00 bits per heavy atom. The van der Waals surface area contributed by atoms with E-state index in [9.17, 15) is 4.79 Å². The van der Waals surface area contributed by atoms with Crippen LogP contribution in [0.2, 0.25) is 0 Å². The highest BCUT2D eigenvalue weighted by Crippen LogP contribution is 2.18. The molecule has 0 saturated carbocycles. The molecule has 0 aromatic carbocycles. The third-order valence-corrected chi connectivity index (χ3v) is 2.53. The molecule has 0 aliphatic heterocycles. The van der Waals surface area contributed by atoms with Gasteiger partial charge in [-0.3, -0.25) is 4.79 Å². The van der Waals surface area contributed by atoms with Gasteiger partial charge in [-0.25, -0.2) is 4.68 Å². The van der Waals surface area contributed by atoms with Gasteiger partial charge in [0.2, 0.25) is 0 Å². The Morgan fingerprint density at radius 2 is 2.21 bits per heavy atom. The van der Waals surface area contributed by atoms with Gasteiger partial charge in [-0.2, -0.15) is 0 Å². The number of aromatic nitrogens is 3. The number of rotatable bonds is 3. The minimum atomic E-state index is -0.787. The summed E-state index contributed by atoms with van der Waals surface area (Å²) < 4.78 is 1.74. The third kappa shape index (κ3) is 1.76. The lowest BCUT2D eigenvalue weighted by atomic mass is 10.0. The van der Waals surface area contributed by atoms with Gasteiger partial charge in [0.15, 0.2) is 0 Å². The Balaban J connectivity index is 2.10. The molecular weight excluding hydrogens is 182 g/mol. The first-order valence-corrected chi connectivity index (χ1v) is 4.90. The van der Waals surface area contributed by atoms with Crippen LogP contribution >= 0.6 is 0 Å². The number of hydrogen-bond donors (Lipinski definition) is 1. The Bertz CT molecular complexity index is 346. The molecule has 0 spiro atoms. The first kappa shape index (κ1) is 9.18. The van der Waals surface area contributed by atoms with E-state index in [2.05, 4.69) is 10.3 Å². The monoisotopic (exact) mass is 195 g/mol. The summed E-state index contributed by atoms with van der Waals surface area (Å²) in [7, 11) is 0. The van der Waals surface area contributed by atoms with Gasteiger partial charge in [-0.05, 0) is 25.7 Å². The Labute approximate surface area is 81.7 Å². The van der Waals surface area contributed by atoms with Gasteiger partial charge in [0, 0.05) is 0 Å². The van der Waals surface area contributed by atoms with Crippen LogP contribution in [0.15, 0.2) is 0 Å². The summed E-state index contributed by atoms with van der Waals surface area (Å²) in [6.07, 6.45) is 4.43. The molecule has 14 heavy (non-hydrogen) atoms. The summed E-state index contributed by atoms with van der Waals surface area (Å²) in [5.74, 6) is -0.787. The van der Waals surface area contributed by atoms with E-state index in [0.717, 1.165) is 30.7 Å². The highest BCUT2D eigenvalue weighted by molar-refractivity contribution is 5.66. The Kier molecular flexibility index (Phi) is 2.47. The van der Waals surface area contributed by atoms with E-state index in [1.807, 2.05) is 0 Å². The Morgan fingerprint density at radius 1 is 1.43 bits per heavy atom. The summed E-state index contributed by atoms with van der Waals surface area (Å²) >= 11 is 0. The lowest BCUT2D eigenvalue weighted by Gasteiger charge is -2.11. The van der Waals surface area contributed by atoms with E-state index >= 15 is 0 Å². The van der Waals surface area contributed by atoms with Crippen LogP contribution in [0.1, 0.15) is 30.7 Å². The van der Waals surface area contributed by atoms with E-state index in [-0.39, 0.29) is 6.42 Å². The van der Waals surface area contributed by atoms with Crippen LogP contribution in [0, 0.1) is 0 Å². The van der Waals surface area contributed by atoms with Crippen molar-refractivity contribution >= 4 is 5.97 Å². The van der Waals surface area contributed by atoms with E-state index in [1.54, 1.807) is 4.68 Å². The van der Waals surface area contributed by atoms with Crippen LogP contribution in [0.3, 0.4) is 0 Å². The van der Waals surface area contributed by atoms with Crippen LogP contribution in [-0.4, -0.2) is 26.1 Å². The van der Waals surface area contributed by atoms with E-state index in [0.29, 0.717) is 6.54 Å². The minimum absolute atomic E-state index is 0.121. The number of aliphatic carboxylic acids is 1. The summed E-state index contributed by atoms with van der Waals surface area (Å²) in [4.78, 5) is 10.4. The maximum absolute atomic E-state index is 10.4. The number of hydrogen-bond acceptors (Lipinski definition) is 3. The van der Waals surface area contributed by atoms with Crippen molar-refractivity contribution in [3.05, 3.63) is 11.4 Å². The van der Waals surface area contributed by atoms with Gasteiger partial charge < -0.3 is 5.11 Å². The second-order valence-corrected chi connectivity index (χ2v) is 3.56. The molecule has 5 nitrogen and oxygen atoms in total. The van der Waals surface area contributed by atoms with Gasteiger partial charge >= 0.3 is 5.97 Å². The van der Waals surface area contributed by atoms with Gasteiger partial charge in [0.05, 0.1) is 24.4 Å². The first-order valence-electron chi connectivity index (χ1n) is 4.90. The fraction of sp³-hybridized carbons (Fsp3) is 0.667. The number of carboxylic acids is 1. The zero-order valence-electron chi connectivity index (χ0n) is 7.94. The second-order valence-electron chi connectivity index (χ2n) is 3.56. The molecule has 0 atom stereocenters. The van der Waals surface area contributed by atoms with Crippen LogP contribution in [-0.2, 0) is 24.2 Å². The number of carboxylic acid groups (broad SMARTS) is 1. The third-order valence-electron chi connectivity index (χ3n) is 2.53. The molecule has 1 aromatic heterocycles. The fourth-order valence-electron chi connectivity index (χ4n) is 1.80. The fourth-order valence-corrected chi connectivity index (χ4v) is 1.80. The summed E-state index contributed by atoms with van der Waals surface area (Å²) in [6.45, 7) is 0.442. The lowest BCUT2D eigenvalue weighted by molar-refractivity contribution is -0.137. The largest absolute Gasteiger partial charge is 0.481 e. The predicted molar refractivity (Wildman–Crippen MR) is 48.9 cm³/mol. The van der Waals surface area contributed by atoms with Gasteiger partial charge in [0.25, 0.3) is 0 Å². The van der Waals surface area contributed by atoms with Crippen LogP contribution in [0.4, 0.5) is 0 Å². The van der Waals surface area contributed by atoms with Crippen molar-refractivity contribution in [1.29, 1.82) is 0 Å². The molecule has 0 saturated heterocycles. The molecule has 1 N–H and O–H groups in total. The summed E-state index contributed by atoms with van der Waals surface area (Å²) in [5, 5.41) is 16.6. The highest BCUT2D eigenvalue weighted by atomic mass is 16.4. The SMILES string of the molecule is O=C(O)CCn1nnc2c1CCCC2. The molecule has 1 aliphatic rings. The zero-order valence-corrected chi connectivity index (χ0v) is 7.94. The number of carbonyl (C=O) groups is 1. The number of fused-ring (bicyclic) bond motifs is 1. The molecule has 0 amide bonds. The molecule has 1 heterocycles. The first-order chi connectivity index (χ1) is 6.77. The van der Waals surface area contributed by atoms with Crippen molar-refractivity contribution in [1.82, 2.24) is 15.0 Å². The molecule has 0 unspecified atom stereocenters. The molecule has 1 aliphatic carbocycles. The second kappa shape index (κ2) is 3.77. The van der Waals surface area contributed by atoms with Crippen molar-refractivity contribution in [2.24, 2.45) is 0 Å². The van der Waals surface area contributed by atoms with Crippen molar-refractivity contribution < 1.29 is 9.90 Å². The average Bonchev–Trinajstić information content (AvgIpc) is 2.58. The number of aryl methyl sites for hydroxylation is 2. The average molecular weight is 195 g/mol. The van der Waals surface area contributed by atoms with Gasteiger partial charge in [0.1, 0.15) is 0 Å². The quantitative estimate of drug-likeness (QED) is 0.768. The maximum atomic E-state index is 10.4. The molecule has 0 bridgehead atoms. The van der Waals surface area contributed by atoms with Crippen molar-refractivity contribution in [2.75, 3.05) is 0 Å². The molecule has 0 fully saturated rings. The van der Waals surface area contributed by atoms with Crippen molar-refractivity contribution in [3.63, 3.8) is 0 Å². The van der Waals surface area contributed by atoms with Crippen molar-refractivity contribution in [2.45, 2.75) is 38.6 Å². The predicted octanol–water partition coefficient (Wildman–Crippen LogP) is 0.632. The lowest BCUT2D eigenvalue weighted by Crippen LogP contribution is -2.12. The maximum Gasteiger partial charge on any atom is 0.305 e. The van der Waals surface area contributed by atoms with E-state index < -0.39 is 5.97 Å². The normalized spacial score (nSPS) is 15.1. The summed E-state index contributed by atoms with van der Waals surface area (Å²) in [6, 6.07) is 0. The van der Waals surface area contributed by atoms with E-state index in [1.165, 1.54) is 6.42 Å². The van der Waals surface area contributed by atoms with Crippen LogP contribution in [0.25, 0.3) is 0 Å². The smallest absolute Gasteiger partial charge is 0.305 e. The van der Waals surface area contributed by atoms with Crippen LogP contribution in [0.5, 0.6) is 0 Å². The highest BCUT2D eigenvalue weighted by Gasteiger charge is 2.16. The molecule has 5 heteroatoms. The molecule has 2 rings (SSSR count). The van der Waals surface area contributed by atoms with Crippen molar-refractivity contribution in [3.8, 4) is 0 Å². The number of nitrogens with zero attached hydrogens (tertiary/aromatic N) is 3. The molecule has 76 valence electrons. The summed E-state index contributed by atoms with van der Waals surface area (Å²) in [5.41, 5.74) is 2.19. The van der Waals surface area contributed by atoms with Gasteiger partial charge in [-0.1, -0.05) is 5.21 Å². The van der Waals surface area contributed by atoms with E-state index in [4.69, 9.17) is 5.11 Å². The van der Waals surface area contributed by atoms with Crippen LogP contribution < -0.4 is 0 Å². The zero-order chi connectivity index (χ0) is 9.97.